The van der Waals surface area contributed by atoms with E-state index in [4.69, 9.17) is 4.74 Å². The number of para-hydroxylation sites is 1. The summed E-state index contributed by atoms with van der Waals surface area (Å²) in [5.41, 5.74) is 2.98. The van der Waals surface area contributed by atoms with Gasteiger partial charge in [0.25, 0.3) is 5.91 Å². The fraction of sp³-hybridized carbons (Fsp3) is 0.368. The van der Waals surface area contributed by atoms with Crippen molar-refractivity contribution in [2.24, 2.45) is 5.41 Å². The second kappa shape index (κ2) is 5.91. The molecule has 0 radical (unpaired) electrons. The van der Waals surface area contributed by atoms with Gasteiger partial charge in [0.1, 0.15) is 5.82 Å². The third-order valence-corrected chi connectivity index (χ3v) is 4.75. The molecule has 0 unspecified atom stereocenters. The van der Waals surface area contributed by atoms with Gasteiger partial charge in [-0.15, -0.1) is 0 Å². The highest BCUT2D eigenvalue weighted by atomic mass is 16.5. The van der Waals surface area contributed by atoms with Gasteiger partial charge < -0.3 is 15.0 Å². The molecule has 4 rings (SSSR count). The molecule has 0 saturated carbocycles. The maximum Gasteiger partial charge on any atom is 0.262 e. The zero-order chi connectivity index (χ0) is 16.6. The minimum Gasteiger partial charge on any atom is -0.380 e. The van der Waals surface area contributed by atoms with Crippen LogP contribution in [0.15, 0.2) is 42.6 Å². The molecule has 1 amide bonds. The summed E-state index contributed by atoms with van der Waals surface area (Å²) in [7, 11) is 0. The van der Waals surface area contributed by atoms with Gasteiger partial charge in [-0.05, 0) is 30.2 Å². The Morgan fingerprint density at radius 3 is 2.92 bits per heavy atom. The van der Waals surface area contributed by atoms with Crippen LogP contribution in [-0.2, 0) is 11.2 Å². The Bertz CT molecular complexity index is 771. The molecule has 1 aromatic carbocycles. The average molecular weight is 323 g/mol. The molecule has 2 aliphatic heterocycles. The lowest BCUT2D eigenvalue weighted by atomic mass is 9.89. The summed E-state index contributed by atoms with van der Waals surface area (Å²) in [6.45, 7) is 5.13. The van der Waals surface area contributed by atoms with E-state index in [1.807, 2.05) is 35.2 Å². The number of nitrogens with one attached hydrogen (secondary N) is 1. The van der Waals surface area contributed by atoms with Crippen LogP contribution >= 0.6 is 0 Å². The van der Waals surface area contributed by atoms with Crippen LogP contribution in [0.3, 0.4) is 0 Å². The van der Waals surface area contributed by atoms with Gasteiger partial charge in [0, 0.05) is 30.4 Å². The molecule has 1 N–H and O–H groups in total. The number of fused-ring (bicyclic) bond motifs is 1. The molecule has 0 bridgehead atoms. The number of rotatable bonds is 4. The summed E-state index contributed by atoms with van der Waals surface area (Å²) in [4.78, 5) is 19.3. The van der Waals surface area contributed by atoms with Crippen molar-refractivity contribution in [3.63, 3.8) is 0 Å². The second-order valence-electron chi connectivity index (χ2n) is 6.89. The molecule has 0 atom stereocenters. The predicted octanol–water partition coefficient (Wildman–Crippen LogP) is 2.73. The predicted molar refractivity (Wildman–Crippen MR) is 93.5 cm³/mol. The lowest BCUT2D eigenvalue weighted by Crippen LogP contribution is -2.45. The van der Waals surface area contributed by atoms with Crippen molar-refractivity contribution < 1.29 is 9.53 Å². The number of aromatic nitrogens is 1. The van der Waals surface area contributed by atoms with Gasteiger partial charge in [-0.3, -0.25) is 4.79 Å². The van der Waals surface area contributed by atoms with Crippen molar-refractivity contribution in [1.82, 2.24) is 4.98 Å². The summed E-state index contributed by atoms with van der Waals surface area (Å²) in [5.74, 6) is 0.658. The Hall–Kier alpha value is -2.40. The first-order valence-corrected chi connectivity index (χ1v) is 8.33. The molecule has 24 heavy (non-hydrogen) atoms. The van der Waals surface area contributed by atoms with Crippen LogP contribution in [-0.4, -0.2) is 37.2 Å². The lowest BCUT2D eigenvalue weighted by Gasteiger charge is -2.38. The van der Waals surface area contributed by atoms with Gasteiger partial charge in [0.05, 0.1) is 18.8 Å². The minimum atomic E-state index is 0.00515. The van der Waals surface area contributed by atoms with E-state index in [1.165, 1.54) is 5.56 Å². The normalized spacial score (nSPS) is 18.0. The van der Waals surface area contributed by atoms with Gasteiger partial charge >= 0.3 is 0 Å². The first-order chi connectivity index (χ1) is 11.7. The third kappa shape index (κ3) is 2.65. The Labute approximate surface area is 141 Å². The topological polar surface area (TPSA) is 54.5 Å². The monoisotopic (exact) mass is 323 g/mol. The molecule has 1 fully saturated rings. The summed E-state index contributed by atoms with van der Waals surface area (Å²) in [6.07, 6.45) is 2.62. The highest BCUT2D eigenvalue weighted by Gasteiger charge is 2.34. The van der Waals surface area contributed by atoms with Gasteiger partial charge in [-0.2, -0.15) is 0 Å². The van der Waals surface area contributed by atoms with Crippen LogP contribution in [0.1, 0.15) is 22.8 Å². The van der Waals surface area contributed by atoms with Crippen LogP contribution in [0, 0.1) is 5.41 Å². The molecule has 5 nitrogen and oxygen atoms in total. The van der Waals surface area contributed by atoms with Crippen LogP contribution in [0.5, 0.6) is 0 Å². The number of pyridine rings is 1. The third-order valence-electron chi connectivity index (χ3n) is 4.75. The van der Waals surface area contributed by atoms with Crippen molar-refractivity contribution in [3.8, 4) is 0 Å². The Balaban J connectivity index is 1.57. The van der Waals surface area contributed by atoms with Crippen molar-refractivity contribution >= 4 is 17.4 Å². The van der Waals surface area contributed by atoms with Crippen LogP contribution < -0.4 is 10.2 Å². The fourth-order valence-electron chi connectivity index (χ4n) is 3.26. The van der Waals surface area contributed by atoms with Gasteiger partial charge in [-0.25, -0.2) is 4.98 Å². The second-order valence-corrected chi connectivity index (χ2v) is 6.89. The quantitative estimate of drug-likeness (QED) is 0.940. The molecule has 1 aromatic heterocycles. The molecule has 3 heterocycles. The number of carbonyl (C=O) groups excluding carboxylic acids is 1. The minimum absolute atomic E-state index is 0.00515. The standard InChI is InChI=1S/C19H21N3O2/c1-19(12-24-13-19)11-21-17-15(6-4-9-20-17)18(23)22-10-8-14-5-2-3-7-16(14)22/h2-7,9H,8,10-13H2,1H3,(H,20,21). The highest BCUT2D eigenvalue weighted by Crippen LogP contribution is 2.31. The van der Waals surface area contributed by atoms with E-state index < -0.39 is 0 Å². The number of ether oxygens (including phenoxy) is 1. The number of benzene rings is 1. The smallest absolute Gasteiger partial charge is 0.262 e. The molecule has 2 aromatic rings. The summed E-state index contributed by atoms with van der Waals surface area (Å²) in [5, 5.41) is 3.35. The Morgan fingerprint density at radius 2 is 2.12 bits per heavy atom. The van der Waals surface area contributed by atoms with Crippen molar-refractivity contribution in [3.05, 3.63) is 53.7 Å². The van der Waals surface area contributed by atoms with E-state index in [-0.39, 0.29) is 11.3 Å². The Kier molecular flexibility index (Phi) is 3.73. The molecular weight excluding hydrogens is 302 g/mol. The maximum absolute atomic E-state index is 13.1. The molecule has 5 heteroatoms. The Morgan fingerprint density at radius 1 is 1.29 bits per heavy atom. The first kappa shape index (κ1) is 15.1. The zero-order valence-electron chi connectivity index (χ0n) is 13.8. The average Bonchev–Trinajstić information content (AvgIpc) is 3.02. The largest absolute Gasteiger partial charge is 0.380 e. The van der Waals surface area contributed by atoms with Gasteiger partial charge in [0.15, 0.2) is 0 Å². The molecule has 124 valence electrons. The SMILES string of the molecule is CC1(CNc2ncccc2C(=O)N2CCc3ccccc32)COC1. The number of hydrogen-bond donors (Lipinski definition) is 1. The number of nitrogens with zero attached hydrogens (tertiary/aromatic N) is 2. The summed E-state index contributed by atoms with van der Waals surface area (Å²) >= 11 is 0. The zero-order valence-corrected chi connectivity index (χ0v) is 13.8. The van der Waals surface area contributed by atoms with Gasteiger partial charge in [-0.1, -0.05) is 25.1 Å². The number of amides is 1. The van der Waals surface area contributed by atoms with E-state index in [1.54, 1.807) is 6.20 Å². The molecule has 2 aliphatic rings. The van der Waals surface area contributed by atoms with Crippen LogP contribution in [0.25, 0.3) is 0 Å². The number of hydrogen-bond acceptors (Lipinski definition) is 4. The summed E-state index contributed by atoms with van der Waals surface area (Å²) < 4.78 is 5.29. The van der Waals surface area contributed by atoms with E-state index in [2.05, 4.69) is 23.3 Å². The van der Waals surface area contributed by atoms with E-state index in [0.29, 0.717) is 11.4 Å². The van der Waals surface area contributed by atoms with E-state index in [0.717, 1.165) is 38.4 Å². The molecule has 0 aliphatic carbocycles. The lowest BCUT2D eigenvalue weighted by molar-refractivity contribution is -0.0924. The van der Waals surface area contributed by atoms with Crippen LogP contribution in [0.2, 0.25) is 0 Å². The number of anilines is 2. The maximum atomic E-state index is 13.1. The van der Waals surface area contributed by atoms with E-state index >= 15 is 0 Å². The van der Waals surface area contributed by atoms with Crippen LogP contribution in [0.4, 0.5) is 11.5 Å². The number of carbonyl (C=O) groups is 1. The fourth-order valence-corrected chi connectivity index (χ4v) is 3.26. The van der Waals surface area contributed by atoms with Crippen molar-refractivity contribution in [1.29, 1.82) is 0 Å². The molecule has 1 saturated heterocycles. The summed E-state index contributed by atoms with van der Waals surface area (Å²) in [6, 6.07) is 11.8. The highest BCUT2D eigenvalue weighted by molar-refractivity contribution is 6.10. The van der Waals surface area contributed by atoms with Crippen molar-refractivity contribution in [2.75, 3.05) is 36.5 Å². The first-order valence-electron chi connectivity index (χ1n) is 8.33. The molecular formula is C19H21N3O2. The van der Waals surface area contributed by atoms with Crippen molar-refractivity contribution in [2.45, 2.75) is 13.3 Å². The molecule has 0 spiro atoms. The van der Waals surface area contributed by atoms with Gasteiger partial charge in [0.2, 0.25) is 0 Å². The van der Waals surface area contributed by atoms with E-state index in [9.17, 15) is 4.79 Å².